The number of aryl methyl sites for hydroxylation is 1. The Morgan fingerprint density at radius 3 is 2.30 bits per heavy atom. The summed E-state index contributed by atoms with van der Waals surface area (Å²) in [6.07, 6.45) is 0. The average Bonchev–Trinajstić information content (AvgIpc) is 2.96. The molecule has 7 heteroatoms. The monoisotopic (exact) mass is 334 g/mol. The molecule has 1 aromatic carbocycles. The third-order valence-corrected chi connectivity index (χ3v) is 4.11. The van der Waals surface area contributed by atoms with Crippen molar-refractivity contribution >= 4 is 33.8 Å². The second-order valence-corrected chi connectivity index (χ2v) is 5.91. The van der Waals surface area contributed by atoms with Gasteiger partial charge in [0, 0.05) is 18.7 Å². The van der Waals surface area contributed by atoms with Gasteiger partial charge in [-0.25, -0.2) is 0 Å². The number of amides is 2. The van der Waals surface area contributed by atoms with Crippen molar-refractivity contribution in [3.63, 3.8) is 0 Å². The van der Waals surface area contributed by atoms with Gasteiger partial charge in [-0.3, -0.25) is 9.59 Å². The maximum absolute atomic E-state index is 12.3. The van der Waals surface area contributed by atoms with Crippen LogP contribution < -0.4 is 20.1 Å². The summed E-state index contributed by atoms with van der Waals surface area (Å²) < 4.78 is 10.5. The molecular formula is C16H18N2O4S. The lowest BCUT2D eigenvalue weighted by Gasteiger charge is -2.13. The summed E-state index contributed by atoms with van der Waals surface area (Å²) >= 11 is 1.21. The van der Waals surface area contributed by atoms with Gasteiger partial charge in [-0.15, -0.1) is 11.3 Å². The molecule has 6 nitrogen and oxygen atoms in total. The molecule has 2 aromatic rings. The van der Waals surface area contributed by atoms with Crippen LogP contribution in [0.3, 0.4) is 0 Å². The Morgan fingerprint density at radius 2 is 1.70 bits per heavy atom. The molecule has 1 aromatic heterocycles. The first-order valence-electron chi connectivity index (χ1n) is 6.86. The number of thiophene rings is 1. The van der Waals surface area contributed by atoms with Gasteiger partial charge in [-0.2, -0.15) is 0 Å². The third-order valence-electron chi connectivity index (χ3n) is 3.11. The zero-order valence-corrected chi connectivity index (χ0v) is 14.2. The minimum Gasteiger partial charge on any atom is -0.493 e. The van der Waals surface area contributed by atoms with E-state index in [4.69, 9.17) is 9.47 Å². The van der Waals surface area contributed by atoms with Crippen molar-refractivity contribution in [2.75, 3.05) is 24.9 Å². The molecular weight excluding hydrogens is 316 g/mol. The summed E-state index contributed by atoms with van der Waals surface area (Å²) in [5.74, 6) is 0.724. The highest BCUT2D eigenvalue weighted by molar-refractivity contribution is 7.18. The molecule has 1 heterocycles. The van der Waals surface area contributed by atoms with E-state index in [0.29, 0.717) is 27.1 Å². The first-order chi connectivity index (χ1) is 10.9. The zero-order valence-electron chi connectivity index (χ0n) is 13.4. The van der Waals surface area contributed by atoms with Crippen molar-refractivity contribution in [2.45, 2.75) is 13.8 Å². The quantitative estimate of drug-likeness (QED) is 0.880. The Balaban J connectivity index is 2.19. The molecule has 0 aliphatic rings. The van der Waals surface area contributed by atoms with Crippen LogP contribution in [-0.4, -0.2) is 26.0 Å². The van der Waals surface area contributed by atoms with Crippen molar-refractivity contribution in [1.29, 1.82) is 0 Å². The standard InChI is InChI=1S/C16H18N2O4S/c1-9-7-12(21-3)13(22-4)8-11(9)18-16(20)14-5-6-15(23-14)17-10(2)19/h5-8H,1-4H3,(H,17,19)(H,18,20). The number of hydrogen-bond acceptors (Lipinski definition) is 5. The van der Waals surface area contributed by atoms with Gasteiger partial charge in [0.15, 0.2) is 11.5 Å². The van der Waals surface area contributed by atoms with Crippen molar-refractivity contribution in [3.8, 4) is 11.5 Å². The minimum atomic E-state index is -0.248. The molecule has 0 radical (unpaired) electrons. The lowest BCUT2D eigenvalue weighted by molar-refractivity contribution is -0.114. The molecule has 0 spiro atoms. The van der Waals surface area contributed by atoms with Crippen molar-refractivity contribution in [3.05, 3.63) is 34.7 Å². The van der Waals surface area contributed by atoms with Gasteiger partial charge >= 0.3 is 0 Å². The predicted molar refractivity (Wildman–Crippen MR) is 90.9 cm³/mol. The summed E-state index contributed by atoms with van der Waals surface area (Å²) in [4.78, 5) is 23.9. The van der Waals surface area contributed by atoms with Gasteiger partial charge in [0.2, 0.25) is 5.91 Å². The van der Waals surface area contributed by atoms with Gasteiger partial charge in [0.1, 0.15) is 0 Å². The van der Waals surface area contributed by atoms with E-state index in [1.165, 1.54) is 25.4 Å². The van der Waals surface area contributed by atoms with Crippen LogP contribution in [0.4, 0.5) is 10.7 Å². The van der Waals surface area contributed by atoms with E-state index in [1.807, 2.05) is 6.92 Å². The number of nitrogens with one attached hydrogen (secondary N) is 2. The molecule has 2 amide bonds. The molecule has 23 heavy (non-hydrogen) atoms. The number of carbonyl (C=O) groups is 2. The fraction of sp³-hybridized carbons (Fsp3) is 0.250. The van der Waals surface area contributed by atoms with Gasteiger partial charge in [0.05, 0.1) is 24.1 Å². The molecule has 0 aliphatic carbocycles. The lowest BCUT2D eigenvalue weighted by Crippen LogP contribution is -2.11. The Labute approximate surface area is 138 Å². The van der Waals surface area contributed by atoms with Crippen LogP contribution in [0.15, 0.2) is 24.3 Å². The van der Waals surface area contributed by atoms with Gasteiger partial charge in [-0.05, 0) is 30.7 Å². The molecule has 0 atom stereocenters. The Morgan fingerprint density at radius 1 is 1.04 bits per heavy atom. The van der Waals surface area contributed by atoms with E-state index in [2.05, 4.69) is 10.6 Å². The molecule has 0 fully saturated rings. The molecule has 0 unspecified atom stereocenters. The van der Waals surface area contributed by atoms with Crippen LogP contribution in [0, 0.1) is 6.92 Å². The summed E-state index contributed by atoms with van der Waals surface area (Å²) in [7, 11) is 3.10. The maximum atomic E-state index is 12.3. The normalized spacial score (nSPS) is 10.1. The molecule has 2 N–H and O–H groups in total. The summed E-state index contributed by atoms with van der Waals surface area (Å²) in [6.45, 7) is 3.29. The molecule has 0 aliphatic heterocycles. The molecule has 0 saturated heterocycles. The highest BCUT2D eigenvalue weighted by Gasteiger charge is 2.14. The second kappa shape index (κ2) is 7.15. The highest BCUT2D eigenvalue weighted by atomic mass is 32.1. The summed E-state index contributed by atoms with van der Waals surface area (Å²) in [5.41, 5.74) is 1.50. The van der Waals surface area contributed by atoms with Crippen LogP contribution in [0.25, 0.3) is 0 Å². The Hall–Kier alpha value is -2.54. The molecule has 2 rings (SSSR count). The largest absolute Gasteiger partial charge is 0.493 e. The number of anilines is 2. The van der Waals surface area contributed by atoms with E-state index >= 15 is 0 Å². The van der Waals surface area contributed by atoms with Crippen LogP contribution in [0.2, 0.25) is 0 Å². The van der Waals surface area contributed by atoms with Crippen molar-refractivity contribution in [1.82, 2.24) is 0 Å². The fourth-order valence-electron chi connectivity index (χ4n) is 2.00. The van der Waals surface area contributed by atoms with Gasteiger partial charge in [-0.1, -0.05) is 0 Å². The molecule has 122 valence electrons. The first kappa shape index (κ1) is 16.8. The SMILES string of the molecule is COc1cc(C)c(NC(=O)c2ccc(NC(C)=O)s2)cc1OC. The van der Waals surface area contributed by atoms with Crippen LogP contribution in [-0.2, 0) is 4.79 Å². The van der Waals surface area contributed by atoms with Crippen molar-refractivity contribution < 1.29 is 19.1 Å². The number of rotatable bonds is 5. The topological polar surface area (TPSA) is 76.7 Å². The first-order valence-corrected chi connectivity index (χ1v) is 7.67. The summed E-state index contributed by atoms with van der Waals surface area (Å²) in [6, 6.07) is 6.88. The highest BCUT2D eigenvalue weighted by Crippen LogP contribution is 2.33. The van der Waals surface area contributed by atoms with Gasteiger partial charge < -0.3 is 20.1 Å². The Bertz CT molecular complexity index is 740. The van der Waals surface area contributed by atoms with E-state index < -0.39 is 0 Å². The number of ether oxygens (including phenoxy) is 2. The average molecular weight is 334 g/mol. The van der Waals surface area contributed by atoms with Crippen molar-refractivity contribution in [2.24, 2.45) is 0 Å². The molecule has 0 bridgehead atoms. The minimum absolute atomic E-state index is 0.172. The smallest absolute Gasteiger partial charge is 0.265 e. The van der Waals surface area contributed by atoms with Gasteiger partial charge in [0.25, 0.3) is 5.91 Å². The second-order valence-electron chi connectivity index (χ2n) is 4.82. The Kier molecular flexibility index (Phi) is 5.23. The number of methoxy groups -OCH3 is 2. The number of carbonyl (C=O) groups excluding carboxylic acids is 2. The maximum Gasteiger partial charge on any atom is 0.265 e. The predicted octanol–water partition coefficient (Wildman–Crippen LogP) is 3.28. The number of hydrogen-bond donors (Lipinski definition) is 2. The van der Waals surface area contributed by atoms with E-state index in [9.17, 15) is 9.59 Å². The summed E-state index contributed by atoms with van der Waals surface area (Å²) in [5, 5.41) is 6.13. The number of benzene rings is 1. The lowest BCUT2D eigenvalue weighted by atomic mass is 10.1. The van der Waals surface area contributed by atoms with Crippen LogP contribution in [0.5, 0.6) is 11.5 Å². The van der Waals surface area contributed by atoms with Crippen LogP contribution >= 0.6 is 11.3 Å². The zero-order chi connectivity index (χ0) is 17.0. The van der Waals surface area contributed by atoms with E-state index in [0.717, 1.165) is 5.56 Å². The fourth-order valence-corrected chi connectivity index (χ4v) is 2.85. The van der Waals surface area contributed by atoms with E-state index in [-0.39, 0.29) is 11.8 Å². The van der Waals surface area contributed by atoms with E-state index in [1.54, 1.807) is 31.4 Å². The third kappa shape index (κ3) is 4.01. The molecule has 0 saturated carbocycles. The van der Waals surface area contributed by atoms with Crippen LogP contribution in [0.1, 0.15) is 22.2 Å².